The summed E-state index contributed by atoms with van der Waals surface area (Å²) in [5.74, 6) is 0.675. The smallest absolute Gasteiger partial charge is 0.251 e. The number of hydrogen-bond donors (Lipinski definition) is 2. The maximum atomic E-state index is 12.7. The Morgan fingerprint density at radius 3 is 2.37 bits per heavy atom. The minimum atomic E-state index is -0.219. The molecule has 27 heavy (non-hydrogen) atoms. The molecule has 0 aliphatic heterocycles. The van der Waals surface area contributed by atoms with Crippen LogP contribution in [0.4, 0.5) is 0 Å². The van der Waals surface area contributed by atoms with Crippen molar-refractivity contribution in [1.29, 1.82) is 0 Å². The van der Waals surface area contributed by atoms with E-state index >= 15 is 0 Å². The maximum Gasteiger partial charge on any atom is 0.251 e. The molecule has 1 amide bonds. The summed E-state index contributed by atoms with van der Waals surface area (Å²) in [6, 6.07) is 25.0. The van der Waals surface area contributed by atoms with Gasteiger partial charge in [0.2, 0.25) is 0 Å². The van der Waals surface area contributed by atoms with Crippen LogP contribution in [0.5, 0.6) is 5.75 Å². The second kappa shape index (κ2) is 9.01. The number of hydrogen-bond acceptors (Lipinski definition) is 3. The van der Waals surface area contributed by atoms with Gasteiger partial charge in [0, 0.05) is 12.1 Å². The molecular weight excluding hydrogens is 336 g/mol. The molecule has 0 aliphatic rings. The summed E-state index contributed by atoms with van der Waals surface area (Å²) in [7, 11) is 0. The molecule has 0 bridgehead atoms. The van der Waals surface area contributed by atoms with Gasteiger partial charge in [-0.15, -0.1) is 0 Å². The maximum absolute atomic E-state index is 12.7. The van der Waals surface area contributed by atoms with Crippen molar-refractivity contribution in [2.45, 2.75) is 13.0 Å². The fraction of sp³-hybridized carbons (Fsp3) is 0.174. The van der Waals surface area contributed by atoms with Crippen LogP contribution in [0.1, 0.15) is 28.9 Å². The molecule has 0 saturated heterocycles. The van der Waals surface area contributed by atoms with Gasteiger partial charge in [-0.1, -0.05) is 54.6 Å². The van der Waals surface area contributed by atoms with Gasteiger partial charge in [0.05, 0.1) is 12.6 Å². The fourth-order valence-corrected chi connectivity index (χ4v) is 2.98. The molecule has 3 aromatic carbocycles. The highest BCUT2D eigenvalue weighted by Gasteiger charge is 2.14. The minimum Gasteiger partial charge on any atom is -0.494 e. The normalized spacial score (nSPS) is 11.6. The molecule has 4 nitrogen and oxygen atoms in total. The Kier molecular flexibility index (Phi) is 6.23. The Labute approximate surface area is 160 Å². The molecule has 0 aromatic heterocycles. The first kappa shape index (κ1) is 18.7. The first-order valence-electron chi connectivity index (χ1n) is 9.10. The molecule has 0 unspecified atom stereocenters. The lowest BCUT2D eigenvalue weighted by Gasteiger charge is -2.17. The summed E-state index contributed by atoms with van der Waals surface area (Å²) in [6.07, 6.45) is 0. The highest BCUT2D eigenvalue weighted by atomic mass is 16.5. The van der Waals surface area contributed by atoms with Crippen LogP contribution in [0, 0.1) is 0 Å². The van der Waals surface area contributed by atoms with E-state index in [0.29, 0.717) is 18.7 Å². The van der Waals surface area contributed by atoms with Crippen molar-refractivity contribution in [3.05, 3.63) is 90.0 Å². The molecule has 1 atom stereocenters. The highest BCUT2D eigenvalue weighted by molar-refractivity contribution is 5.95. The van der Waals surface area contributed by atoms with E-state index in [1.165, 1.54) is 0 Å². The lowest BCUT2D eigenvalue weighted by molar-refractivity contribution is 0.0938. The van der Waals surface area contributed by atoms with Crippen molar-refractivity contribution in [3.63, 3.8) is 0 Å². The van der Waals surface area contributed by atoms with Crippen molar-refractivity contribution in [3.8, 4) is 16.9 Å². The number of rotatable bonds is 7. The molecule has 3 rings (SSSR count). The van der Waals surface area contributed by atoms with Gasteiger partial charge in [-0.2, -0.15) is 0 Å². The van der Waals surface area contributed by atoms with Gasteiger partial charge >= 0.3 is 0 Å². The molecule has 0 saturated carbocycles. The van der Waals surface area contributed by atoms with Crippen molar-refractivity contribution >= 4 is 5.91 Å². The molecule has 0 fully saturated rings. The quantitative estimate of drug-likeness (QED) is 0.664. The minimum absolute atomic E-state index is 0.142. The second-order valence-electron chi connectivity index (χ2n) is 6.21. The van der Waals surface area contributed by atoms with Crippen molar-refractivity contribution in [1.82, 2.24) is 5.32 Å². The molecule has 3 N–H and O–H groups in total. The van der Waals surface area contributed by atoms with E-state index in [0.717, 1.165) is 22.4 Å². The predicted molar refractivity (Wildman–Crippen MR) is 109 cm³/mol. The van der Waals surface area contributed by atoms with Crippen molar-refractivity contribution in [2.24, 2.45) is 5.73 Å². The number of nitrogens with two attached hydrogens (primary N) is 1. The Hall–Kier alpha value is -3.11. The largest absolute Gasteiger partial charge is 0.494 e. The molecule has 4 heteroatoms. The summed E-state index contributed by atoms with van der Waals surface area (Å²) in [4.78, 5) is 12.7. The van der Waals surface area contributed by atoms with Crippen molar-refractivity contribution in [2.75, 3.05) is 13.2 Å². The molecule has 0 radical (unpaired) electrons. The first-order chi connectivity index (χ1) is 13.2. The lowest BCUT2D eigenvalue weighted by atomic mass is 10.0. The zero-order chi connectivity index (χ0) is 19.1. The number of benzene rings is 3. The van der Waals surface area contributed by atoms with Crippen LogP contribution in [-0.4, -0.2) is 19.1 Å². The number of carbonyl (C=O) groups is 1. The Bertz CT molecular complexity index is 894. The van der Waals surface area contributed by atoms with Crippen LogP contribution >= 0.6 is 0 Å². The zero-order valence-corrected chi connectivity index (χ0v) is 15.4. The summed E-state index contributed by atoms with van der Waals surface area (Å²) >= 11 is 0. The number of carbonyl (C=O) groups excluding carboxylic acids is 1. The Morgan fingerprint density at radius 2 is 1.67 bits per heavy atom. The molecule has 0 aliphatic carbocycles. The van der Waals surface area contributed by atoms with Crippen LogP contribution in [0.25, 0.3) is 11.1 Å². The van der Waals surface area contributed by atoms with Crippen LogP contribution in [0.3, 0.4) is 0 Å². The standard InChI is InChI=1S/C23H24N2O2/c1-2-27-21-13-7-11-19(15-21)18-10-6-12-20(14-18)23(26)25-22(16-24)17-8-4-3-5-9-17/h3-15,22H,2,16,24H2,1H3,(H,25,26)/t22-/m0/s1. The van der Waals surface area contributed by atoms with Crippen LogP contribution in [-0.2, 0) is 0 Å². The van der Waals surface area contributed by atoms with Gasteiger partial charge in [0.1, 0.15) is 5.75 Å². The lowest BCUT2D eigenvalue weighted by Crippen LogP contribution is -2.33. The topological polar surface area (TPSA) is 64.3 Å². The number of nitrogens with one attached hydrogen (secondary N) is 1. The first-order valence-corrected chi connectivity index (χ1v) is 9.10. The monoisotopic (exact) mass is 360 g/mol. The van der Waals surface area contributed by atoms with E-state index < -0.39 is 0 Å². The van der Waals surface area contributed by atoms with E-state index in [-0.39, 0.29) is 11.9 Å². The molecular formula is C23H24N2O2. The molecule has 0 heterocycles. The average molecular weight is 360 g/mol. The van der Waals surface area contributed by atoms with Gasteiger partial charge < -0.3 is 15.8 Å². The van der Waals surface area contributed by atoms with Gasteiger partial charge in [-0.05, 0) is 47.9 Å². The average Bonchev–Trinajstić information content (AvgIpc) is 2.73. The van der Waals surface area contributed by atoms with Gasteiger partial charge in [0.25, 0.3) is 5.91 Å². The van der Waals surface area contributed by atoms with Crippen LogP contribution in [0.15, 0.2) is 78.9 Å². The fourth-order valence-electron chi connectivity index (χ4n) is 2.98. The zero-order valence-electron chi connectivity index (χ0n) is 15.4. The third-order valence-corrected chi connectivity index (χ3v) is 4.35. The summed E-state index contributed by atoms with van der Waals surface area (Å²) in [6.45, 7) is 2.91. The summed E-state index contributed by atoms with van der Waals surface area (Å²) < 4.78 is 5.57. The van der Waals surface area contributed by atoms with Gasteiger partial charge in [-0.25, -0.2) is 0 Å². The second-order valence-corrected chi connectivity index (χ2v) is 6.21. The van der Waals surface area contributed by atoms with Crippen LogP contribution < -0.4 is 15.8 Å². The number of amides is 1. The van der Waals surface area contributed by atoms with Crippen LogP contribution in [0.2, 0.25) is 0 Å². The Morgan fingerprint density at radius 1 is 0.963 bits per heavy atom. The van der Waals surface area contributed by atoms with Gasteiger partial charge in [0.15, 0.2) is 0 Å². The SMILES string of the molecule is CCOc1cccc(-c2cccc(C(=O)N[C@@H](CN)c3ccccc3)c2)c1. The van der Waals surface area contributed by atoms with E-state index in [9.17, 15) is 4.79 Å². The van der Waals surface area contributed by atoms with Gasteiger partial charge in [-0.3, -0.25) is 4.79 Å². The van der Waals surface area contributed by atoms with E-state index in [4.69, 9.17) is 10.5 Å². The predicted octanol–water partition coefficient (Wildman–Crippen LogP) is 4.18. The van der Waals surface area contributed by atoms with E-state index in [1.54, 1.807) is 0 Å². The highest BCUT2D eigenvalue weighted by Crippen LogP contribution is 2.25. The molecule has 3 aromatic rings. The summed E-state index contributed by atoms with van der Waals surface area (Å²) in [5, 5.41) is 3.02. The Balaban J connectivity index is 1.80. The molecule has 138 valence electrons. The summed E-state index contributed by atoms with van der Waals surface area (Å²) in [5.41, 5.74) is 9.44. The van der Waals surface area contributed by atoms with E-state index in [1.807, 2.05) is 85.8 Å². The van der Waals surface area contributed by atoms with Crippen molar-refractivity contribution < 1.29 is 9.53 Å². The molecule has 0 spiro atoms. The third kappa shape index (κ3) is 4.74. The third-order valence-electron chi connectivity index (χ3n) is 4.35. The van der Waals surface area contributed by atoms with E-state index in [2.05, 4.69) is 5.32 Å². The number of ether oxygens (including phenoxy) is 1.